The van der Waals surface area contributed by atoms with Gasteiger partial charge in [0.15, 0.2) is 0 Å². The molecule has 0 saturated heterocycles. The average Bonchev–Trinajstić information content (AvgIpc) is 3.01. The van der Waals surface area contributed by atoms with Crippen LogP contribution < -0.4 is 5.32 Å². The number of carbonyl (C=O) groups is 1. The minimum atomic E-state index is -0.462. The Kier molecular flexibility index (Phi) is 5.84. The highest BCUT2D eigenvalue weighted by Gasteiger charge is 2.18. The molecule has 2 aromatic rings. The molecule has 7 heteroatoms. The molecule has 0 unspecified atom stereocenters. The van der Waals surface area contributed by atoms with Crippen molar-refractivity contribution in [2.24, 2.45) is 0 Å². The lowest BCUT2D eigenvalue weighted by Crippen LogP contribution is -2.35. The number of nitro benzene ring substituents is 1. The van der Waals surface area contributed by atoms with E-state index in [1.54, 1.807) is 29.5 Å². The van der Waals surface area contributed by atoms with Crippen LogP contribution in [0.25, 0.3) is 0 Å². The minimum Gasteiger partial charge on any atom is -0.354 e. The average molecular weight is 333 g/mol. The normalized spacial score (nSPS) is 12.1. The molecule has 1 atom stereocenters. The molecule has 2 rings (SSSR count). The molecule has 0 aliphatic rings. The molecule has 0 radical (unpaired) electrons. The second-order valence-corrected chi connectivity index (χ2v) is 6.18. The predicted molar refractivity (Wildman–Crippen MR) is 90.6 cm³/mol. The molecule has 0 fully saturated rings. The van der Waals surface area contributed by atoms with Gasteiger partial charge in [-0.1, -0.05) is 18.2 Å². The molecule has 1 N–H and O–H groups in total. The third kappa shape index (κ3) is 4.61. The van der Waals surface area contributed by atoms with Crippen molar-refractivity contribution < 1.29 is 9.72 Å². The summed E-state index contributed by atoms with van der Waals surface area (Å²) in [4.78, 5) is 24.7. The molecular formula is C16H19N3O3S. The zero-order valence-electron chi connectivity index (χ0n) is 13.1. The lowest BCUT2D eigenvalue weighted by molar-refractivity contribution is -0.385. The van der Waals surface area contributed by atoms with Gasteiger partial charge in [-0.05, 0) is 36.5 Å². The van der Waals surface area contributed by atoms with Crippen molar-refractivity contribution in [2.45, 2.75) is 12.5 Å². The minimum absolute atomic E-state index is 0.000931. The number of rotatable bonds is 7. The zero-order valence-corrected chi connectivity index (χ0v) is 13.9. The molecule has 1 aromatic heterocycles. The van der Waals surface area contributed by atoms with E-state index in [1.165, 1.54) is 6.07 Å². The Hall–Kier alpha value is -2.25. The Balaban J connectivity index is 1.99. The van der Waals surface area contributed by atoms with E-state index in [4.69, 9.17) is 0 Å². The van der Waals surface area contributed by atoms with Gasteiger partial charge in [-0.15, -0.1) is 0 Å². The first-order chi connectivity index (χ1) is 11.0. The summed E-state index contributed by atoms with van der Waals surface area (Å²) < 4.78 is 0. The zero-order chi connectivity index (χ0) is 16.8. The monoisotopic (exact) mass is 333 g/mol. The number of thiophene rings is 1. The highest BCUT2D eigenvalue weighted by molar-refractivity contribution is 7.07. The molecule has 1 amide bonds. The quantitative estimate of drug-likeness (QED) is 0.624. The van der Waals surface area contributed by atoms with Crippen LogP contribution in [0.15, 0.2) is 41.1 Å². The summed E-state index contributed by atoms with van der Waals surface area (Å²) in [5.74, 6) is -0.221. The van der Waals surface area contributed by atoms with Gasteiger partial charge in [0.05, 0.1) is 17.4 Å². The molecule has 0 saturated carbocycles. The van der Waals surface area contributed by atoms with Gasteiger partial charge in [0, 0.05) is 18.2 Å². The number of nitro groups is 1. The summed E-state index contributed by atoms with van der Waals surface area (Å²) >= 11 is 1.61. The smallest absolute Gasteiger partial charge is 0.273 e. The second kappa shape index (κ2) is 7.85. The first-order valence-corrected chi connectivity index (χ1v) is 8.11. The van der Waals surface area contributed by atoms with Crippen LogP contribution in [0.2, 0.25) is 0 Å². The van der Waals surface area contributed by atoms with Crippen LogP contribution in [0.5, 0.6) is 0 Å². The topological polar surface area (TPSA) is 75.5 Å². The van der Waals surface area contributed by atoms with Gasteiger partial charge < -0.3 is 10.2 Å². The van der Waals surface area contributed by atoms with Gasteiger partial charge in [0.2, 0.25) is 5.91 Å². The third-order valence-electron chi connectivity index (χ3n) is 3.58. The van der Waals surface area contributed by atoms with Crippen LogP contribution in [-0.2, 0) is 11.2 Å². The second-order valence-electron chi connectivity index (χ2n) is 5.40. The van der Waals surface area contributed by atoms with Crippen molar-refractivity contribution in [1.29, 1.82) is 0 Å². The standard InChI is InChI=1S/C16H19N3O3S/c1-18(2)15(13-7-8-23-11-13)10-17-16(20)9-12-5-3-4-6-14(12)19(21)22/h3-8,11,15H,9-10H2,1-2H3,(H,17,20)/t15-/m0/s1. The summed E-state index contributed by atoms with van der Waals surface area (Å²) in [6.07, 6.45) is 0.000931. The Morgan fingerprint density at radius 3 is 2.70 bits per heavy atom. The van der Waals surface area contributed by atoms with Gasteiger partial charge in [0.25, 0.3) is 5.69 Å². The van der Waals surface area contributed by atoms with Crippen LogP contribution in [0.3, 0.4) is 0 Å². The van der Waals surface area contributed by atoms with E-state index in [1.807, 2.05) is 30.4 Å². The predicted octanol–water partition coefficient (Wildman–Crippen LogP) is 2.62. The Morgan fingerprint density at radius 2 is 2.09 bits per heavy atom. The lowest BCUT2D eigenvalue weighted by Gasteiger charge is -2.24. The van der Waals surface area contributed by atoms with Crippen molar-refractivity contribution in [3.05, 3.63) is 62.3 Å². The van der Waals surface area contributed by atoms with Crippen LogP contribution >= 0.6 is 11.3 Å². The molecule has 122 valence electrons. The molecule has 0 bridgehead atoms. The first-order valence-electron chi connectivity index (χ1n) is 7.16. The first kappa shape index (κ1) is 17.1. The highest BCUT2D eigenvalue weighted by Crippen LogP contribution is 2.21. The fourth-order valence-corrected chi connectivity index (χ4v) is 3.05. The number of hydrogen-bond acceptors (Lipinski definition) is 5. The Labute approximate surface area is 138 Å². The number of hydrogen-bond donors (Lipinski definition) is 1. The van der Waals surface area contributed by atoms with Crippen molar-refractivity contribution >= 4 is 22.9 Å². The maximum Gasteiger partial charge on any atom is 0.273 e. The summed E-state index contributed by atoms with van der Waals surface area (Å²) in [6, 6.07) is 8.43. The van der Waals surface area contributed by atoms with E-state index < -0.39 is 4.92 Å². The number of benzene rings is 1. The van der Waals surface area contributed by atoms with Crippen molar-refractivity contribution in [3.63, 3.8) is 0 Å². The summed E-state index contributed by atoms with van der Waals surface area (Å²) in [5.41, 5.74) is 1.54. The SMILES string of the molecule is CN(C)[C@@H](CNC(=O)Cc1ccccc1[N+](=O)[O-])c1ccsc1. The van der Waals surface area contributed by atoms with Crippen LogP contribution in [0.1, 0.15) is 17.2 Å². The Morgan fingerprint density at radius 1 is 1.35 bits per heavy atom. The number of likely N-dealkylation sites (N-methyl/N-ethyl adjacent to an activating group) is 1. The molecule has 1 aromatic carbocycles. The lowest BCUT2D eigenvalue weighted by atomic mass is 10.1. The third-order valence-corrected chi connectivity index (χ3v) is 4.28. The van der Waals surface area contributed by atoms with Gasteiger partial charge in [0.1, 0.15) is 0 Å². The summed E-state index contributed by atoms with van der Waals surface area (Å²) in [7, 11) is 3.91. The highest BCUT2D eigenvalue weighted by atomic mass is 32.1. The molecule has 0 aliphatic heterocycles. The van der Waals surface area contributed by atoms with Gasteiger partial charge in [-0.25, -0.2) is 0 Å². The van der Waals surface area contributed by atoms with E-state index >= 15 is 0 Å². The van der Waals surface area contributed by atoms with Gasteiger partial charge in [-0.2, -0.15) is 11.3 Å². The maximum atomic E-state index is 12.1. The number of nitrogens with zero attached hydrogens (tertiary/aromatic N) is 2. The van der Waals surface area contributed by atoms with Crippen LogP contribution in [0.4, 0.5) is 5.69 Å². The number of carbonyl (C=O) groups excluding carboxylic acids is 1. The van der Waals surface area contributed by atoms with E-state index in [9.17, 15) is 14.9 Å². The molecule has 1 heterocycles. The van der Waals surface area contributed by atoms with Crippen molar-refractivity contribution in [1.82, 2.24) is 10.2 Å². The fourth-order valence-electron chi connectivity index (χ4n) is 2.35. The van der Waals surface area contributed by atoms with Crippen LogP contribution in [0, 0.1) is 10.1 Å². The van der Waals surface area contributed by atoms with E-state index in [2.05, 4.69) is 10.7 Å². The molecule has 0 spiro atoms. The molecule has 23 heavy (non-hydrogen) atoms. The number of amides is 1. The summed E-state index contributed by atoms with van der Waals surface area (Å²) in [6.45, 7) is 0.462. The molecular weight excluding hydrogens is 314 g/mol. The van der Waals surface area contributed by atoms with E-state index in [0.29, 0.717) is 12.1 Å². The number of nitrogens with one attached hydrogen (secondary N) is 1. The van der Waals surface area contributed by atoms with Gasteiger partial charge >= 0.3 is 0 Å². The van der Waals surface area contributed by atoms with Crippen molar-refractivity contribution in [3.8, 4) is 0 Å². The fraction of sp³-hybridized carbons (Fsp3) is 0.312. The van der Waals surface area contributed by atoms with Crippen LogP contribution in [-0.4, -0.2) is 36.4 Å². The largest absolute Gasteiger partial charge is 0.354 e. The maximum absolute atomic E-state index is 12.1. The van der Waals surface area contributed by atoms with Gasteiger partial charge in [-0.3, -0.25) is 14.9 Å². The van der Waals surface area contributed by atoms with E-state index in [-0.39, 0.29) is 24.1 Å². The summed E-state index contributed by atoms with van der Waals surface area (Å²) in [5, 5.41) is 17.9. The Bertz CT molecular complexity index is 671. The van der Waals surface area contributed by atoms with Crippen molar-refractivity contribution in [2.75, 3.05) is 20.6 Å². The van der Waals surface area contributed by atoms with E-state index in [0.717, 1.165) is 5.56 Å². The molecule has 6 nitrogen and oxygen atoms in total. The number of para-hydroxylation sites is 1. The molecule has 0 aliphatic carbocycles.